The van der Waals surface area contributed by atoms with Gasteiger partial charge in [-0.15, -0.1) is 0 Å². The fourth-order valence-corrected chi connectivity index (χ4v) is 4.41. The van der Waals surface area contributed by atoms with Crippen LogP contribution in [0, 0.1) is 6.92 Å². The summed E-state index contributed by atoms with van der Waals surface area (Å²) >= 11 is 6.23. The van der Waals surface area contributed by atoms with Gasteiger partial charge in [-0.3, -0.25) is 14.5 Å². The Morgan fingerprint density at radius 2 is 1.51 bits per heavy atom. The quantitative estimate of drug-likeness (QED) is 0.285. The van der Waals surface area contributed by atoms with Crippen molar-refractivity contribution in [1.29, 1.82) is 0 Å². The second kappa shape index (κ2) is 9.72. The van der Waals surface area contributed by atoms with Crippen LogP contribution in [-0.2, 0) is 9.59 Å². The van der Waals surface area contributed by atoms with E-state index in [1.165, 1.54) is 38.4 Å². The van der Waals surface area contributed by atoms with Gasteiger partial charge in [0.2, 0.25) is 0 Å². The van der Waals surface area contributed by atoms with Crippen molar-refractivity contribution in [3.8, 4) is 17.2 Å². The molecule has 3 aromatic carbocycles. The third kappa shape index (κ3) is 4.19. The highest BCUT2D eigenvalue weighted by Gasteiger charge is 2.48. The largest absolute Gasteiger partial charge is 0.507 e. The van der Waals surface area contributed by atoms with Gasteiger partial charge >= 0.3 is 0 Å². The first kappa shape index (κ1) is 24.2. The number of anilines is 1. The Morgan fingerprint density at radius 3 is 2.14 bits per heavy atom. The van der Waals surface area contributed by atoms with Crippen LogP contribution in [0.2, 0.25) is 5.02 Å². The summed E-state index contributed by atoms with van der Waals surface area (Å²) in [6.45, 7) is 1.93. The number of nitrogens with zero attached hydrogens (tertiary/aromatic N) is 1. The van der Waals surface area contributed by atoms with Crippen LogP contribution < -0.4 is 19.1 Å². The first-order chi connectivity index (χ1) is 16.8. The maximum Gasteiger partial charge on any atom is 0.300 e. The number of carbonyl (C=O) groups is 2. The minimum Gasteiger partial charge on any atom is -0.507 e. The molecule has 4 rings (SSSR count). The molecule has 3 aromatic rings. The van der Waals surface area contributed by atoms with Crippen LogP contribution in [0.5, 0.6) is 17.2 Å². The fraction of sp³-hybridized carbons (Fsp3) is 0.185. The van der Waals surface area contributed by atoms with Crippen LogP contribution in [0.1, 0.15) is 22.7 Å². The lowest BCUT2D eigenvalue weighted by atomic mass is 9.94. The molecule has 1 atom stereocenters. The summed E-state index contributed by atoms with van der Waals surface area (Å²) in [6.07, 6.45) is 0. The highest BCUT2D eigenvalue weighted by atomic mass is 35.5. The van der Waals surface area contributed by atoms with E-state index in [9.17, 15) is 14.7 Å². The number of hydrogen-bond acceptors (Lipinski definition) is 6. The molecule has 180 valence electrons. The molecule has 0 spiro atoms. The monoisotopic (exact) mass is 493 g/mol. The van der Waals surface area contributed by atoms with Crippen molar-refractivity contribution in [2.75, 3.05) is 26.2 Å². The van der Waals surface area contributed by atoms with E-state index in [1.807, 2.05) is 19.1 Å². The summed E-state index contributed by atoms with van der Waals surface area (Å²) in [6, 6.07) is 16.2. The third-order valence-electron chi connectivity index (χ3n) is 5.92. The van der Waals surface area contributed by atoms with Crippen LogP contribution in [0.15, 0.2) is 66.2 Å². The number of rotatable bonds is 6. The van der Waals surface area contributed by atoms with E-state index in [0.717, 1.165) is 5.56 Å². The molecule has 1 aliphatic rings. The number of carbonyl (C=O) groups excluding carboxylic acids is 2. The van der Waals surface area contributed by atoms with Gasteiger partial charge in [0.05, 0.1) is 43.5 Å². The molecule has 0 aliphatic carbocycles. The predicted molar refractivity (Wildman–Crippen MR) is 134 cm³/mol. The Morgan fingerprint density at radius 1 is 0.886 bits per heavy atom. The average Bonchev–Trinajstić information content (AvgIpc) is 3.13. The normalized spacial score (nSPS) is 16.9. The van der Waals surface area contributed by atoms with E-state index >= 15 is 0 Å². The molecule has 8 heteroatoms. The number of methoxy groups -OCH3 is 3. The van der Waals surface area contributed by atoms with Gasteiger partial charge in [-0.05, 0) is 31.2 Å². The maximum absolute atomic E-state index is 13.4. The van der Waals surface area contributed by atoms with E-state index in [0.29, 0.717) is 17.0 Å². The minimum absolute atomic E-state index is 0.109. The number of ketones is 1. The number of benzene rings is 3. The van der Waals surface area contributed by atoms with Crippen molar-refractivity contribution in [2.24, 2.45) is 0 Å². The minimum atomic E-state index is -0.958. The van der Waals surface area contributed by atoms with Crippen molar-refractivity contribution in [3.63, 3.8) is 0 Å². The van der Waals surface area contributed by atoms with E-state index in [2.05, 4.69) is 0 Å². The van der Waals surface area contributed by atoms with Crippen molar-refractivity contribution in [3.05, 3.63) is 87.9 Å². The molecule has 0 bridgehead atoms. The Bertz CT molecular complexity index is 1330. The Labute approximate surface area is 208 Å². The van der Waals surface area contributed by atoms with Crippen LogP contribution >= 0.6 is 11.6 Å². The van der Waals surface area contributed by atoms with Gasteiger partial charge in [-0.2, -0.15) is 0 Å². The molecule has 7 nitrogen and oxygen atoms in total. The zero-order valence-electron chi connectivity index (χ0n) is 19.7. The number of aliphatic hydroxyl groups is 1. The van der Waals surface area contributed by atoms with Gasteiger partial charge in [-0.25, -0.2) is 0 Å². The molecule has 1 saturated heterocycles. The maximum atomic E-state index is 13.4. The van der Waals surface area contributed by atoms with Crippen molar-refractivity contribution < 1.29 is 28.9 Å². The number of aliphatic hydroxyl groups excluding tert-OH is 1. The molecule has 1 fully saturated rings. The molecular weight excluding hydrogens is 470 g/mol. The predicted octanol–water partition coefficient (Wildman–Crippen LogP) is 5.30. The first-order valence-electron chi connectivity index (χ1n) is 10.7. The molecule has 1 N–H and O–H groups in total. The van der Waals surface area contributed by atoms with Crippen molar-refractivity contribution in [1.82, 2.24) is 0 Å². The number of ether oxygens (including phenoxy) is 3. The molecule has 0 aromatic heterocycles. The number of aryl methyl sites for hydroxylation is 1. The number of Topliss-reactive ketones (excluding diaryl/α,β-unsaturated/α-hetero) is 1. The smallest absolute Gasteiger partial charge is 0.300 e. The summed E-state index contributed by atoms with van der Waals surface area (Å²) in [4.78, 5) is 28.2. The van der Waals surface area contributed by atoms with Crippen LogP contribution in [-0.4, -0.2) is 38.1 Å². The number of halogens is 1. The topological polar surface area (TPSA) is 85.3 Å². The van der Waals surface area contributed by atoms with Crippen LogP contribution in [0.4, 0.5) is 5.69 Å². The van der Waals surface area contributed by atoms with Gasteiger partial charge < -0.3 is 19.3 Å². The lowest BCUT2D eigenvalue weighted by molar-refractivity contribution is -0.132. The second-order valence-electron chi connectivity index (χ2n) is 7.93. The lowest BCUT2D eigenvalue weighted by Crippen LogP contribution is -2.29. The van der Waals surface area contributed by atoms with Crippen molar-refractivity contribution >= 4 is 34.7 Å². The van der Waals surface area contributed by atoms with E-state index < -0.39 is 23.5 Å². The van der Waals surface area contributed by atoms with Gasteiger partial charge in [0.15, 0.2) is 0 Å². The Hall–Kier alpha value is -3.97. The standard InChI is InChI=1S/C27H24ClNO6/c1-15-9-11-16(12-10-15)29-24(17-7-5-6-8-20(17)33-2)23(26(31)27(29)32)25(30)18-13-22(35-4)19(28)14-21(18)34-3/h5-14,24,30H,1-4H3/b25-23+. The number of para-hydroxylation sites is 1. The van der Waals surface area contributed by atoms with Crippen molar-refractivity contribution in [2.45, 2.75) is 13.0 Å². The van der Waals surface area contributed by atoms with E-state index in [1.54, 1.807) is 36.4 Å². The van der Waals surface area contributed by atoms with Gasteiger partial charge in [0, 0.05) is 17.3 Å². The number of amides is 1. The molecule has 0 radical (unpaired) electrons. The van der Waals surface area contributed by atoms with E-state index in [-0.39, 0.29) is 27.7 Å². The van der Waals surface area contributed by atoms with Crippen LogP contribution in [0.3, 0.4) is 0 Å². The summed E-state index contributed by atoms with van der Waals surface area (Å²) in [5.41, 5.74) is 2.10. The fourth-order valence-electron chi connectivity index (χ4n) is 4.18. The summed E-state index contributed by atoms with van der Waals surface area (Å²) < 4.78 is 16.2. The lowest BCUT2D eigenvalue weighted by Gasteiger charge is -2.27. The third-order valence-corrected chi connectivity index (χ3v) is 6.21. The first-order valence-corrected chi connectivity index (χ1v) is 11.1. The highest BCUT2D eigenvalue weighted by Crippen LogP contribution is 2.46. The summed E-state index contributed by atoms with van der Waals surface area (Å²) in [7, 11) is 4.35. The molecule has 1 amide bonds. The molecule has 0 saturated carbocycles. The highest BCUT2D eigenvalue weighted by molar-refractivity contribution is 6.51. The molecular formula is C27H24ClNO6. The zero-order chi connectivity index (χ0) is 25.3. The molecule has 1 aliphatic heterocycles. The van der Waals surface area contributed by atoms with Gasteiger partial charge in [0.25, 0.3) is 11.7 Å². The second-order valence-corrected chi connectivity index (χ2v) is 8.34. The van der Waals surface area contributed by atoms with Gasteiger partial charge in [-0.1, -0.05) is 47.5 Å². The Kier molecular flexibility index (Phi) is 6.71. The summed E-state index contributed by atoms with van der Waals surface area (Å²) in [5.74, 6) is -1.07. The molecule has 35 heavy (non-hydrogen) atoms. The SMILES string of the molecule is COc1cc(/C(O)=C2\C(=O)C(=O)N(c3ccc(C)cc3)C2c2ccccc2OC)c(OC)cc1Cl. The van der Waals surface area contributed by atoms with E-state index in [4.69, 9.17) is 25.8 Å². The number of hydrogen-bond donors (Lipinski definition) is 1. The summed E-state index contributed by atoms with van der Waals surface area (Å²) in [5, 5.41) is 11.8. The zero-order valence-corrected chi connectivity index (χ0v) is 20.4. The molecule has 1 heterocycles. The van der Waals surface area contributed by atoms with Crippen LogP contribution in [0.25, 0.3) is 5.76 Å². The average molecular weight is 494 g/mol. The molecule has 1 unspecified atom stereocenters. The van der Waals surface area contributed by atoms with Gasteiger partial charge in [0.1, 0.15) is 23.0 Å². The Balaban J connectivity index is 2.03.